The summed E-state index contributed by atoms with van der Waals surface area (Å²) in [5, 5.41) is 4.22. The largest absolute Gasteiger partial charge is 0.495 e. The maximum Gasteiger partial charge on any atom is 0.143 e. The van der Waals surface area contributed by atoms with Crippen LogP contribution in [0, 0.1) is 6.92 Å². The molecule has 0 spiro atoms. The van der Waals surface area contributed by atoms with Gasteiger partial charge in [-0.05, 0) is 48.4 Å². The molecule has 1 fully saturated rings. The van der Waals surface area contributed by atoms with Crippen LogP contribution in [0.4, 0.5) is 5.69 Å². The van der Waals surface area contributed by atoms with Gasteiger partial charge in [-0.25, -0.2) is 0 Å². The van der Waals surface area contributed by atoms with Crippen molar-refractivity contribution in [3.8, 4) is 5.75 Å². The average molecular weight is 302 g/mol. The molecule has 0 aromatic heterocycles. The third-order valence-electron chi connectivity index (χ3n) is 4.02. The molecule has 1 N–H and O–H groups in total. The van der Waals surface area contributed by atoms with Crippen LogP contribution in [0.25, 0.3) is 0 Å². The molecular weight excluding hydrogens is 282 g/mol. The third-order valence-corrected chi connectivity index (χ3v) is 4.43. The molecular formula is C18H20ClNO. The molecule has 21 heavy (non-hydrogen) atoms. The van der Waals surface area contributed by atoms with E-state index < -0.39 is 0 Å². The first-order valence-corrected chi connectivity index (χ1v) is 7.72. The van der Waals surface area contributed by atoms with Gasteiger partial charge < -0.3 is 10.1 Å². The van der Waals surface area contributed by atoms with Crippen molar-refractivity contribution in [2.24, 2.45) is 0 Å². The van der Waals surface area contributed by atoms with Crippen LogP contribution in [0.3, 0.4) is 0 Å². The minimum atomic E-state index is 0.732. The summed E-state index contributed by atoms with van der Waals surface area (Å²) in [7, 11) is 1.67. The molecule has 110 valence electrons. The van der Waals surface area contributed by atoms with Crippen molar-refractivity contribution in [2.45, 2.75) is 32.2 Å². The highest BCUT2D eigenvalue weighted by Gasteiger charge is 2.25. The number of benzene rings is 2. The fourth-order valence-corrected chi connectivity index (χ4v) is 2.80. The second-order valence-corrected chi connectivity index (χ2v) is 6.04. The molecule has 2 aromatic rings. The van der Waals surface area contributed by atoms with Gasteiger partial charge in [-0.15, -0.1) is 0 Å². The number of methoxy groups -OCH3 is 1. The van der Waals surface area contributed by atoms with Crippen molar-refractivity contribution < 1.29 is 4.74 Å². The van der Waals surface area contributed by atoms with E-state index in [0.717, 1.165) is 34.5 Å². The molecule has 0 radical (unpaired) electrons. The fraction of sp³-hybridized carbons (Fsp3) is 0.333. The molecule has 1 saturated carbocycles. The number of halogens is 1. The Morgan fingerprint density at radius 3 is 2.71 bits per heavy atom. The number of ether oxygens (including phenoxy) is 1. The van der Waals surface area contributed by atoms with E-state index in [1.165, 1.54) is 24.0 Å². The highest BCUT2D eigenvalue weighted by Crippen LogP contribution is 2.42. The molecule has 0 atom stereocenters. The smallest absolute Gasteiger partial charge is 0.143 e. The first kappa shape index (κ1) is 14.3. The van der Waals surface area contributed by atoms with E-state index in [1.54, 1.807) is 7.11 Å². The second-order valence-electron chi connectivity index (χ2n) is 5.63. The number of hydrogen-bond donors (Lipinski definition) is 1. The summed E-state index contributed by atoms with van der Waals surface area (Å²) in [4.78, 5) is 0. The maximum atomic E-state index is 6.15. The predicted octanol–water partition coefficient (Wildman–Crippen LogP) is 5.15. The highest BCUT2D eigenvalue weighted by molar-refractivity contribution is 6.31. The number of anilines is 1. The van der Waals surface area contributed by atoms with Crippen LogP contribution < -0.4 is 10.1 Å². The topological polar surface area (TPSA) is 21.3 Å². The van der Waals surface area contributed by atoms with Gasteiger partial charge in [0.15, 0.2) is 0 Å². The van der Waals surface area contributed by atoms with E-state index in [0.29, 0.717) is 0 Å². The fourth-order valence-electron chi connectivity index (χ4n) is 2.65. The molecule has 2 aromatic carbocycles. The lowest BCUT2D eigenvalue weighted by Gasteiger charge is -2.15. The van der Waals surface area contributed by atoms with Gasteiger partial charge in [0.25, 0.3) is 0 Å². The summed E-state index contributed by atoms with van der Waals surface area (Å²) in [5.41, 5.74) is 4.89. The molecule has 0 saturated heterocycles. The number of hydrogen-bond acceptors (Lipinski definition) is 2. The van der Waals surface area contributed by atoms with Crippen molar-refractivity contribution in [3.05, 3.63) is 58.1 Å². The van der Waals surface area contributed by atoms with Crippen LogP contribution in [0.1, 0.15) is 35.4 Å². The van der Waals surface area contributed by atoms with E-state index in [9.17, 15) is 0 Å². The Morgan fingerprint density at radius 1 is 1.24 bits per heavy atom. The normalized spacial score (nSPS) is 14.0. The molecule has 3 rings (SSSR count). The van der Waals surface area contributed by atoms with Gasteiger partial charge in [-0.3, -0.25) is 0 Å². The van der Waals surface area contributed by atoms with Gasteiger partial charge in [-0.1, -0.05) is 35.9 Å². The van der Waals surface area contributed by atoms with Crippen LogP contribution >= 0.6 is 11.6 Å². The van der Waals surface area contributed by atoms with Crippen LogP contribution in [-0.2, 0) is 6.54 Å². The zero-order chi connectivity index (χ0) is 14.8. The molecule has 1 aliphatic carbocycles. The van der Waals surface area contributed by atoms with E-state index in [4.69, 9.17) is 16.3 Å². The van der Waals surface area contributed by atoms with Gasteiger partial charge in [0.05, 0.1) is 12.8 Å². The summed E-state index contributed by atoms with van der Waals surface area (Å²) in [6.45, 7) is 2.81. The average Bonchev–Trinajstić information content (AvgIpc) is 3.33. The summed E-state index contributed by atoms with van der Waals surface area (Å²) >= 11 is 6.15. The van der Waals surface area contributed by atoms with Crippen LogP contribution in [-0.4, -0.2) is 7.11 Å². The van der Waals surface area contributed by atoms with E-state index in [1.807, 2.05) is 19.1 Å². The van der Waals surface area contributed by atoms with Gasteiger partial charge in [0.1, 0.15) is 5.75 Å². The first-order valence-electron chi connectivity index (χ1n) is 7.35. The van der Waals surface area contributed by atoms with Crippen molar-refractivity contribution in [1.82, 2.24) is 0 Å². The summed E-state index contributed by atoms with van der Waals surface area (Å²) < 4.78 is 5.41. The molecule has 3 heteroatoms. The van der Waals surface area contributed by atoms with E-state index >= 15 is 0 Å². The minimum absolute atomic E-state index is 0.732. The monoisotopic (exact) mass is 301 g/mol. The van der Waals surface area contributed by atoms with Crippen molar-refractivity contribution >= 4 is 17.3 Å². The maximum absolute atomic E-state index is 6.15. The molecule has 0 aliphatic heterocycles. The molecule has 0 heterocycles. The number of rotatable bonds is 5. The third kappa shape index (κ3) is 3.16. The quantitative estimate of drug-likeness (QED) is 0.825. The Morgan fingerprint density at radius 2 is 2.00 bits per heavy atom. The van der Waals surface area contributed by atoms with Gasteiger partial charge in [-0.2, -0.15) is 0 Å². The summed E-state index contributed by atoms with van der Waals surface area (Å²) in [6.07, 6.45) is 2.64. The Hall–Kier alpha value is -1.67. The molecule has 2 nitrogen and oxygen atoms in total. The lowest BCUT2D eigenvalue weighted by molar-refractivity contribution is 0.416. The first-order chi connectivity index (χ1) is 10.2. The van der Waals surface area contributed by atoms with Crippen LogP contribution in [0.5, 0.6) is 5.75 Å². The molecule has 0 amide bonds. The van der Waals surface area contributed by atoms with E-state index in [-0.39, 0.29) is 0 Å². The predicted molar refractivity (Wildman–Crippen MR) is 88.5 cm³/mol. The zero-order valence-corrected chi connectivity index (χ0v) is 13.2. The van der Waals surface area contributed by atoms with Crippen molar-refractivity contribution in [1.29, 1.82) is 0 Å². The molecule has 0 unspecified atom stereocenters. The second kappa shape index (κ2) is 5.98. The van der Waals surface area contributed by atoms with Gasteiger partial charge in [0.2, 0.25) is 0 Å². The number of aryl methyl sites for hydroxylation is 1. The summed E-state index contributed by atoms with van der Waals surface area (Å²) in [5.74, 6) is 1.55. The van der Waals surface area contributed by atoms with Crippen molar-refractivity contribution in [3.63, 3.8) is 0 Å². The Labute approximate surface area is 131 Å². The van der Waals surface area contributed by atoms with Crippen LogP contribution in [0.15, 0.2) is 36.4 Å². The molecule has 0 bridgehead atoms. The van der Waals surface area contributed by atoms with E-state index in [2.05, 4.69) is 29.6 Å². The Balaban J connectivity index is 1.80. The standard InChI is InChI=1S/C18H20ClNO/c1-12-9-17(18(21-2)10-16(12)19)20-11-14-5-3-4-6-15(14)13-7-8-13/h3-6,9-10,13,20H,7-8,11H2,1-2H3. The van der Waals surface area contributed by atoms with Gasteiger partial charge >= 0.3 is 0 Å². The lowest BCUT2D eigenvalue weighted by Crippen LogP contribution is -2.04. The highest BCUT2D eigenvalue weighted by atomic mass is 35.5. The van der Waals surface area contributed by atoms with Crippen molar-refractivity contribution in [2.75, 3.05) is 12.4 Å². The lowest BCUT2D eigenvalue weighted by atomic mass is 10.0. The van der Waals surface area contributed by atoms with Crippen LogP contribution in [0.2, 0.25) is 5.02 Å². The SMILES string of the molecule is COc1cc(Cl)c(C)cc1NCc1ccccc1C1CC1. The Bertz CT molecular complexity index is 650. The zero-order valence-electron chi connectivity index (χ0n) is 12.4. The molecule has 1 aliphatic rings. The summed E-state index contributed by atoms with van der Waals surface area (Å²) in [6, 6.07) is 12.6. The van der Waals surface area contributed by atoms with Gasteiger partial charge in [0, 0.05) is 17.6 Å². The number of nitrogens with one attached hydrogen (secondary N) is 1. The minimum Gasteiger partial charge on any atom is -0.495 e. The Kier molecular flexibility index (Phi) is 4.07.